The van der Waals surface area contributed by atoms with E-state index in [4.69, 9.17) is 19.3 Å². The number of hydrogen-bond acceptors (Lipinski definition) is 9. The highest BCUT2D eigenvalue weighted by atomic mass is 16.7. The van der Waals surface area contributed by atoms with Gasteiger partial charge in [-0.05, 0) is 0 Å². The lowest BCUT2D eigenvalue weighted by atomic mass is 10.0. The number of hydrogen-bond donors (Lipinski definition) is 6. The molecule has 2 rings (SSSR count). The number of aliphatic hydroxyl groups is 6. The molecule has 0 bridgehead atoms. The Labute approximate surface area is 108 Å². The Balaban J connectivity index is 1.94. The quantitative estimate of drug-likeness (QED) is 0.297. The smallest absolute Gasteiger partial charge is 0.186 e. The summed E-state index contributed by atoms with van der Waals surface area (Å²) in [6.45, 7) is -0.456. The summed E-state index contributed by atoms with van der Waals surface area (Å²) in [6, 6.07) is 0. The highest BCUT2D eigenvalue weighted by Crippen LogP contribution is 2.22. The van der Waals surface area contributed by atoms with Crippen LogP contribution in [0.4, 0.5) is 0 Å². The normalized spacial score (nSPS) is 52.1. The van der Waals surface area contributed by atoms with Gasteiger partial charge in [0.25, 0.3) is 0 Å². The second kappa shape index (κ2) is 5.95. The molecule has 2 heterocycles. The molecule has 0 aromatic rings. The maximum absolute atomic E-state index is 9.68. The van der Waals surface area contributed by atoms with Crippen LogP contribution in [0.1, 0.15) is 0 Å². The lowest BCUT2D eigenvalue weighted by Crippen LogP contribution is -2.59. The minimum Gasteiger partial charge on any atom is -0.388 e. The second-order valence-corrected chi connectivity index (χ2v) is 4.63. The molecule has 0 aromatic carbocycles. The van der Waals surface area contributed by atoms with E-state index < -0.39 is 49.2 Å². The fraction of sp³-hybridized carbons (Fsp3) is 1.00. The first-order valence-corrected chi connectivity index (χ1v) is 5.89. The molecule has 9 heteroatoms. The van der Waals surface area contributed by atoms with Gasteiger partial charge in [-0.2, -0.15) is 0 Å². The van der Waals surface area contributed by atoms with Crippen molar-refractivity contribution < 1.29 is 44.8 Å². The van der Waals surface area contributed by atoms with E-state index in [1.807, 2.05) is 0 Å². The molecule has 0 spiro atoms. The lowest BCUT2D eigenvalue weighted by molar-refractivity contribution is -0.323. The standard InChI is InChI=1S/C10H18O9/c11-3-1-18-10(8(15)5(3)12)19-4-2-17-9(16)7(14)6(4)13/h3-16H,1-2H2/t3-,4+,5+,6+,7+,8-,9+,10-/m0/s1. The van der Waals surface area contributed by atoms with Crippen molar-refractivity contribution in [3.8, 4) is 0 Å². The van der Waals surface area contributed by atoms with Gasteiger partial charge in [0.05, 0.1) is 13.2 Å². The molecule has 0 radical (unpaired) electrons. The Bertz CT molecular complexity index is 273. The predicted molar refractivity (Wildman–Crippen MR) is 56.6 cm³/mol. The first-order chi connectivity index (χ1) is 8.91. The Morgan fingerprint density at radius 1 is 0.737 bits per heavy atom. The number of rotatable bonds is 2. The zero-order chi connectivity index (χ0) is 14.2. The van der Waals surface area contributed by atoms with E-state index >= 15 is 0 Å². The zero-order valence-electron chi connectivity index (χ0n) is 9.94. The van der Waals surface area contributed by atoms with E-state index in [9.17, 15) is 25.5 Å². The van der Waals surface area contributed by atoms with Crippen LogP contribution in [0, 0.1) is 0 Å². The molecule has 2 saturated heterocycles. The highest BCUT2D eigenvalue weighted by molar-refractivity contribution is 4.87. The molecule has 0 amide bonds. The van der Waals surface area contributed by atoms with Crippen molar-refractivity contribution in [1.29, 1.82) is 0 Å². The van der Waals surface area contributed by atoms with E-state index in [0.717, 1.165) is 0 Å². The van der Waals surface area contributed by atoms with E-state index in [1.54, 1.807) is 0 Å². The van der Waals surface area contributed by atoms with Gasteiger partial charge < -0.3 is 44.8 Å². The van der Waals surface area contributed by atoms with Crippen molar-refractivity contribution >= 4 is 0 Å². The number of ether oxygens (including phenoxy) is 3. The summed E-state index contributed by atoms with van der Waals surface area (Å²) >= 11 is 0. The van der Waals surface area contributed by atoms with Crippen LogP contribution in [0.25, 0.3) is 0 Å². The molecule has 2 fully saturated rings. The molecule has 9 nitrogen and oxygen atoms in total. The fourth-order valence-electron chi connectivity index (χ4n) is 1.97. The van der Waals surface area contributed by atoms with E-state index in [1.165, 1.54) is 0 Å². The average Bonchev–Trinajstić information content (AvgIpc) is 2.39. The molecule has 2 aliphatic heterocycles. The summed E-state index contributed by atoms with van der Waals surface area (Å²) in [5.74, 6) is 0. The first-order valence-electron chi connectivity index (χ1n) is 5.89. The van der Waals surface area contributed by atoms with Crippen LogP contribution < -0.4 is 0 Å². The first kappa shape index (κ1) is 15.0. The van der Waals surface area contributed by atoms with Crippen molar-refractivity contribution in [1.82, 2.24) is 0 Å². The molecule has 19 heavy (non-hydrogen) atoms. The van der Waals surface area contributed by atoms with Gasteiger partial charge in [0.15, 0.2) is 12.6 Å². The third-order valence-electron chi connectivity index (χ3n) is 3.22. The van der Waals surface area contributed by atoms with Crippen LogP contribution in [-0.2, 0) is 14.2 Å². The van der Waals surface area contributed by atoms with Crippen LogP contribution in [0.3, 0.4) is 0 Å². The van der Waals surface area contributed by atoms with Crippen LogP contribution in [0.5, 0.6) is 0 Å². The van der Waals surface area contributed by atoms with Crippen LogP contribution in [0.15, 0.2) is 0 Å². The fourth-order valence-corrected chi connectivity index (χ4v) is 1.97. The average molecular weight is 282 g/mol. The Hall–Kier alpha value is -0.360. The van der Waals surface area contributed by atoms with Crippen molar-refractivity contribution in [2.45, 2.75) is 49.2 Å². The third-order valence-corrected chi connectivity index (χ3v) is 3.22. The van der Waals surface area contributed by atoms with Crippen molar-refractivity contribution in [2.24, 2.45) is 0 Å². The largest absolute Gasteiger partial charge is 0.388 e. The van der Waals surface area contributed by atoms with E-state index in [0.29, 0.717) is 0 Å². The molecular weight excluding hydrogens is 264 g/mol. The van der Waals surface area contributed by atoms with E-state index in [-0.39, 0.29) is 13.2 Å². The Morgan fingerprint density at radius 3 is 2.11 bits per heavy atom. The van der Waals surface area contributed by atoms with Crippen LogP contribution in [0.2, 0.25) is 0 Å². The van der Waals surface area contributed by atoms with Gasteiger partial charge in [-0.25, -0.2) is 0 Å². The topological polar surface area (TPSA) is 149 Å². The Morgan fingerprint density at radius 2 is 1.42 bits per heavy atom. The molecule has 112 valence electrons. The summed E-state index contributed by atoms with van der Waals surface area (Å²) in [7, 11) is 0. The Kier molecular flexibility index (Phi) is 4.71. The summed E-state index contributed by atoms with van der Waals surface area (Å²) in [5, 5.41) is 56.6. The third kappa shape index (κ3) is 3.05. The molecule has 6 N–H and O–H groups in total. The van der Waals surface area contributed by atoms with Gasteiger partial charge in [-0.15, -0.1) is 0 Å². The van der Waals surface area contributed by atoms with Crippen LogP contribution >= 0.6 is 0 Å². The van der Waals surface area contributed by atoms with Gasteiger partial charge in [0, 0.05) is 0 Å². The molecule has 0 saturated carbocycles. The molecule has 2 aliphatic rings. The summed E-state index contributed by atoms with van der Waals surface area (Å²) in [4.78, 5) is 0. The van der Waals surface area contributed by atoms with Gasteiger partial charge in [-0.1, -0.05) is 0 Å². The minimum atomic E-state index is -1.55. The SMILES string of the molecule is O[C@@H]1[C@H](O[C@@H]2CO[C@@H](O)[C@H](O)[C@@H]2O)OC[C@H](O)[C@H]1O. The molecule has 0 aliphatic carbocycles. The van der Waals surface area contributed by atoms with Gasteiger partial charge >= 0.3 is 0 Å². The molecule has 0 aromatic heterocycles. The number of aliphatic hydroxyl groups excluding tert-OH is 6. The minimum absolute atomic E-state index is 0.218. The highest BCUT2D eigenvalue weighted by Gasteiger charge is 2.44. The lowest BCUT2D eigenvalue weighted by Gasteiger charge is -2.40. The maximum Gasteiger partial charge on any atom is 0.186 e. The summed E-state index contributed by atoms with van der Waals surface area (Å²) in [5.41, 5.74) is 0. The van der Waals surface area contributed by atoms with Crippen molar-refractivity contribution in [3.05, 3.63) is 0 Å². The maximum atomic E-state index is 9.68. The van der Waals surface area contributed by atoms with Crippen LogP contribution in [-0.4, -0.2) is 93.1 Å². The van der Waals surface area contributed by atoms with E-state index in [2.05, 4.69) is 0 Å². The predicted octanol–water partition coefficient (Wildman–Crippen LogP) is -4.12. The molecule has 0 unspecified atom stereocenters. The van der Waals surface area contributed by atoms with Gasteiger partial charge in [0.1, 0.15) is 36.6 Å². The monoisotopic (exact) mass is 282 g/mol. The van der Waals surface area contributed by atoms with Gasteiger partial charge in [-0.3, -0.25) is 0 Å². The van der Waals surface area contributed by atoms with Crippen molar-refractivity contribution in [3.63, 3.8) is 0 Å². The molecule has 8 atom stereocenters. The zero-order valence-corrected chi connectivity index (χ0v) is 9.94. The summed E-state index contributed by atoms with van der Waals surface area (Å²) < 4.78 is 15.0. The van der Waals surface area contributed by atoms with Gasteiger partial charge in [0.2, 0.25) is 0 Å². The van der Waals surface area contributed by atoms with Crippen molar-refractivity contribution in [2.75, 3.05) is 13.2 Å². The second-order valence-electron chi connectivity index (χ2n) is 4.63. The summed E-state index contributed by atoms with van der Waals surface area (Å²) in [6.07, 6.45) is -11.0. The molecular formula is C10H18O9.